The number of unbranched alkanes of at least 4 members (excludes halogenated alkanes) is 1. The standard InChI is InChI=1S/C24H32O2/c1-6-7-10-18-15-19(14-13-17(18)2)20-11-8-9-12-21(20)22(23(25)26)16-24(3,4)5/h8-9,11-15,22H,6-7,10,16H2,1-5H3,(H,25,26). The van der Waals surface area contributed by atoms with E-state index in [1.54, 1.807) is 0 Å². The van der Waals surface area contributed by atoms with Crippen LogP contribution >= 0.6 is 0 Å². The number of carboxylic acid groups (broad SMARTS) is 1. The molecule has 140 valence electrons. The normalized spacial score (nSPS) is 12.8. The molecule has 2 heteroatoms. The molecule has 2 aromatic rings. The summed E-state index contributed by atoms with van der Waals surface area (Å²) in [4.78, 5) is 12.0. The summed E-state index contributed by atoms with van der Waals surface area (Å²) in [6, 6.07) is 14.5. The van der Waals surface area contributed by atoms with Crippen LogP contribution in [0.15, 0.2) is 42.5 Å². The molecule has 0 saturated heterocycles. The van der Waals surface area contributed by atoms with Crippen LogP contribution in [0.4, 0.5) is 0 Å². The zero-order chi connectivity index (χ0) is 19.3. The number of aliphatic carboxylic acids is 1. The van der Waals surface area contributed by atoms with Gasteiger partial charge in [0, 0.05) is 0 Å². The lowest BCUT2D eigenvalue weighted by Gasteiger charge is -2.25. The minimum absolute atomic E-state index is 0.0459. The van der Waals surface area contributed by atoms with Gasteiger partial charge in [-0.05, 0) is 59.4 Å². The Bertz CT molecular complexity index is 753. The van der Waals surface area contributed by atoms with E-state index in [1.807, 2.05) is 18.2 Å². The molecular formula is C24H32O2. The first-order chi connectivity index (χ1) is 12.2. The van der Waals surface area contributed by atoms with E-state index in [-0.39, 0.29) is 5.41 Å². The second-order valence-corrected chi connectivity index (χ2v) is 8.49. The molecule has 26 heavy (non-hydrogen) atoms. The Kier molecular flexibility index (Phi) is 6.63. The maximum absolute atomic E-state index is 12.0. The van der Waals surface area contributed by atoms with E-state index >= 15 is 0 Å². The number of carbonyl (C=O) groups is 1. The maximum atomic E-state index is 12.0. The fourth-order valence-electron chi connectivity index (χ4n) is 3.48. The summed E-state index contributed by atoms with van der Waals surface area (Å²) in [6.07, 6.45) is 4.04. The summed E-state index contributed by atoms with van der Waals surface area (Å²) in [7, 11) is 0. The first kappa shape index (κ1) is 20.2. The van der Waals surface area contributed by atoms with E-state index < -0.39 is 11.9 Å². The second kappa shape index (κ2) is 8.53. The fourth-order valence-corrected chi connectivity index (χ4v) is 3.48. The van der Waals surface area contributed by atoms with Crippen molar-refractivity contribution in [2.45, 2.75) is 66.2 Å². The SMILES string of the molecule is CCCCc1cc(-c2ccccc2C(CC(C)(C)C)C(=O)O)ccc1C. The Balaban J connectivity index is 2.50. The van der Waals surface area contributed by atoms with E-state index in [0.29, 0.717) is 6.42 Å². The molecule has 2 nitrogen and oxygen atoms in total. The molecule has 0 radical (unpaired) electrons. The first-order valence-corrected chi connectivity index (χ1v) is 9.64. The third-order valence-electron chi connectivity index (χ3n) is 4.91. The summed E-state index contributed by atoms with van der Waals surface area (Å²) >= 11 is 0. The van der Waals surface area contributed by atoms with Gasteiger partial charge in [0.1, 0.15) is 0 Å². The van der Waals surface area contributed by atoms with Gasteiger partial charge in [-0.25, -0.2) is 0 Å². The summed E-state index contributed by atoms with van der Waals surface area (Å²) in [5.41, 5.74) is 5.71. The van der Waals surface area contributed by atoms with Crippen LogP contribution < -0.4 is 0 Å². The van der Waals surface area contributed by atoms with Gasteiger partial charge < -0.3 is 5.11 Å². The third-order valence-corrected chi connectivity index (χ3v) is 4.91. The Hall–Kier alpha value is -2.09. The van der Waals surface area contributed by atoms with E-state index in [2.05, 4.69) is 58.9 Å². The molecular weight excluding hydrogens is 320 g/mol. The van der Waals surface area contributed by atoms with Gasteiger partial charge in [0.05, 0.1) is 5.92 Å². The molecule has 0 saturated carbocycles. The van der Waals surface area contributed by atoms with Gasteiger partial charge in [0.15, 0.2) is 0 Å². The summed E-state index contributed by atoms with van der Waals surface area (Å²) in [5.74, 6) is -1.24. The highest BCUT2D eigenvalue weighted by Gasteiger charge is 2.28. The van der Waals surface area contributed by atoms with Gasteiger partial charge in [-0.2, -0.15) is 0 Å². The van der Waals surface area contributed by atoms with Crippen LogP contribution in [0.5, 0.6) is 0 Å². The van der Waals surface area contributed by atoms with Crippen molar-refractivity contribution in [3.8, 4) is 11.1 Å². The number of benzene rings is 2. The molecule has 0 aliphatic heterocycles. The lowest BCUT2D eigenvalue weighted by molar-refractivity contribution is -0.139. The van der Waals surface area contributed by atoms with Crippen molar-refractivity contribution >= 4 is 5.97 Å². The minimum atomic E-state index is -0.745. The van der Waals surface area contributed by atoms with Crippen molar-refractivity contribution in [2.24, 2.45) is 5.41 Å². The van der Waals surface area contributed by atoms with Crippen molar-refractivity contribution in [1.82, 2.24) is 0 Å². The van der Waals surface area contributed by atoms with Crippen LogP contribution in [0.25, 0.3) is 11.1 Å². The lowest BCUT2D eigenvalue weighted by Crippen LogP contribution is -2.19. The molecule has 0 spiro atoms. The van der Waals surface area contributed by atoms with Crippen LogP contribution in [0.2, 0.25) is 0 Å². The van der Waals surface area contributed by atoms with Gasteiger partial charge in [-0.1, -0.05) is 76.6 Å². The van der Waals surface area contributed by atoms with Gasteiger partial charge in [0.25, 0.3) is 0 Å². The molecule has 0 amide bonds. The van der Waals surface area contributed by atoms with E-state index in [1.165, 1.54) is 24.0 Å². The average Bonchev–Trinajstić information content (AvgIpc) is 2.58. The molecule has 1 atom stereocenters. The summed E-state index contributed by atoms with van der Waals surface area (Å²) in [5, 5.41) is 9.88. The molecule has 1 unspecified atom stereocenters. The quantitative estimate of drug-likeness (QED) is 0.609. The van der Waals surface area contributed by atoms with E-state index in [9.17, 15) is 9.90 Å². The number of hydrogen-bond donors (Lipinski definition) is 1. The Labute approximate surface area is 158 Å². The van der Waals surface area contributed by atoms with Gasteiger partial charge in [0.2, 0.25) is 0 Å². The molecule has 0 bridgehead atoms. The van der Waals surface area contributed by atoms with Crippen LogP contribution in [0.3, 0.4) is 0 Å². The fraction of sp³-hybridized carbons (Fsp3) is 0.458. The molecule has 0 aliphatic carbocycles. The summed E-state index contributed by atoms with van der Waals surface area (Å²) in [6.45, 7) is 10.7. The minimum Gasteiger partial charge on any atom is -0.481 e. The molecule has 0 aromatic heterocycles. The van der Waals surface area contributed by atoms with Crippen LogP contribution in [-0.2, 0) is 11.2 Å². The van der Waals surface area contributed by atoms with Crippen LogP contribution in [-0.4, -0.2) is 11.1 Å². The van der Waals surface area contributed by atoms with Gasteiger partial charge >= 0.3 is 5.97 Å². The highest BCUT2D eigenvalue weighted by Crippen LogP contribution is 2.37. The van der Waals surface area contributed by atoms with Crippen LogP contribution in [0, 0.1) is 12.3 Å². The Morgan fingerprint density at radius 1 is 1.12 bits per heavy atom. The zero-order valence-electron chi connectivity index (χ0n) is 16.8. The van der Waals surface area contributed by atoms with E-state index in [4.69, 9.17) is 0 Å². The smallest absolute Gasteiger partial charge is 0.311 e. The van der Waals surface area contributed by atoms with Crippen molar-refractivity contribution < 1.29 is 9.90 Å². The van der Waals surface area contributed by atoms with Gasteiger partial charge in [-0.15, -0.1) is 0 Å². The number of carboxylic acids is 1. The molecule has 2 rings (SSSR count). The van der Waals surface area contributed by atoms with E-state index in [0.717, 1.165) is 23.1 Å². The van der Waals surface area contributed by atoms with Crippen molar-refractivity contribution in [3.05, 3.63) is 59.2 Å². The van der Waals surface area contributed by atoms with Crippen LogP contribution in [0.1, 0.15) is 69.6 Å². The number of hydrogen-bond acceptors (Lipinski definition) is 1. The monoisotopic (exact) mass is 352 g/mol. The summed E-state index contributed by atoms with van der Waals surface area (Å²) < 4.78 is 0. The van der Waals surface area contributed by atoms with Crippen molar-refractivity contribution in [1.29, 1.82) is 0 Å². The highest BCUT2D eigenvalue weighted by atomic mass is 16.4. The molecule has 2 aromatic carbocycles. The van der Waals surface area contributed by atoms with Crippen molar-refractivity contribution in [2.75, 3.05) is 0 Å². The lowest BCUT2D eigenvalue weighted by atomic mass is 9.79. The molecule has 0 aliphatic rings. The predicted octanol–water partition coefficient (Wildman–Crippen LogP) is 6.61. The predicted molar refractivity (Wildman–Crippen MR) is 110 cm³/mol. The third kappa shape index (κ3) is 5.20. The molecule has 0 fully saturated rings. The maximum Gasteiger partial charge on any atom is 0.311 e. The Morgan fingerprint density at radius 2 is 1.81 bits per heavy atom. The Morgan fingerprint density at radius 3 is 2.42 bits per heavy atom. The first-order valence-electron chi connectivity index (χ1n) is 9.64. The number of aryl methyl sites for hydroxylation is 2. The average molecular weight is 353 g/mol. The zero-order valence-corrected chi connectivity index (χ0v) is 16.8. The van der Waals surface area contributed by atoms with Gasteiger partial charge in [-0.3, -0.25) is 4.79 Å². The highest BCUT2D eigenvalue weighted by molar-refractivity contribution is 5.81. The molecule has 1 N–H and O–H groups in total. The molecule has 0 heterocycles. The largest absolute Gasteiger partial charge is 0.481 e. The number of rotatable bonds is 7. The second-order valence-electron chi connectivity index (χ2n) is 8.49. The topological polar surface area (TPSA) is 37.3 Å². The van der Waals surface area contributed by atoms with Crippen molar-refractivity contribution in [3.63, 3.8) is 0 Å².